The number of ether oxygens (including phenoxy) is 1. The number of aromatic nitrogens is 1. The van der Waals surface area contributed by atoms with Crippen molar-refractivity contribution in [3.63, 3.8) is 0 Å². The van der Waals surface area contributed by atoms with Crippen molar-refractivity contribution in [3.8, 4) is 0 Å². The first kappa shape index (κ1) is 20.4. The topological polar surface area (TPSA) is 76.2 Å². The monoisotopic (exact) mass is 367 g/mol. The average Bonchev–Trinajstić information content (AvgIpc) is 2.92. The van der Waals surface area contributed by atoms with Gasteiger partial charge in [0, 0.05) is 17.3 Å². The molecule has 5 nitrogen and oxygen atoms in total. The van der Waals surface area contributed by atoms with Crippen LogP contribution in [-0.4, -0.2) is 29.1 Å². The summed E-state index contributed by atoms with van der Waals surface area (Å²) in [6, 6.07) is 7.89. The van der Waals surface area contributed by atoms with Gasteiger partial charge < -0.3 is 9.72 Å². The Morgan fingerprint density at radius 2 is 1.74 bits per heavy atom. The third-order valence-corrected chi connectivity index (χ3v) is 4.43. The summed E-state index contributed by atoms with van der Waals surface area (Å²) in [6.45, 7) is 8.75. The number of carbonyl (C=O) groups is 3. The number of H-pyrrole nitrogens is 1. The van der Waals surface area contributed by atoms with E-state index < -0.39 is 5.97 Å². The number of nitrogens with one attached hydrogen (secondary N) is 1. The number of rotatable bonds is 7. The molecule has 0 unspecified atom stereocenters. The zero-order valence-corrected chi connectivity index (χ0v) is 16.4. The predicted octanol–water partition coefficient (Wildman–Crippen LogP) is 4.40. The molecule has 0 aliphatic carbocycles. The Hall–Kier alpha value is -2.95. The van der Waals surface area contributed by atoms with Crippen LogP contribution in [0.25, 0.3) is 6.08 Å². The van der Waals surface area contributed by atoms with Gasteiger partial charge >= 0.3 is 5.97 Å². The molecule has 1 heterocycles. The van der Waals surface area contributed by atoms with E-state index in [1.165, 1.54) is 18.6 Å². The number of benzene rings is 1. The lowest BCUT2D eigenvalue weighted by Crippen LogP contribution is -2.14. The fraction of sp³-hybridized carbons (Fsp3) is 0.318. The van der Waals surface area contributed by atoms with Gasteiger partial charge in [-0.15, -0.1) is 0 Å². The van der Waals surface area contributed by atoms with E-state index in [9.17, 15) is 14.4 Å². The largest absolute Gasteiger partial charge is 0.454 e. The minimum atomic E-state index is -0.594. The number of hydrogen-bond acceptors (Lipinski definition) is 4. The Labute approximate surface area is 159 Å². The maximum atomic E-state index is 12.3. The van der Waals surface area contributed by atoms with Gasteiger partial charge in [0.1, 0.15) is 0 Å². The minimum Gasteiger partial charge on any atom is -0.454 e. The van der Waals surface area contributed by atoms with Crippen LogP contribution in [0, 0.1) is 13.8 Å². The number of ketones is 2. The van der Waals surface area contributed by atoms with Crippen LogP contribution in [0.15, 0.2) is 30.3 Å². The van der Waals surface area contributed by atoms with Crippen LogP contribution in [0.2, 0.25) is 0 Å². The maximum absolute atomic E-state index is 12.3. The Morgan fingerprint density at radius 1 is 1.11 bits per heavy atom. The molecule has 0 fully saturated rings. The SMILES string of the molecule is CC(=O)c1c(C)[nH]c(C(=O)COC(=O)/C=C/c2ccc(C(C)C)cc2)c1C. The molecule has 0 atom stereocenters. The standard InChI is InChI=1S/C22H25NO4/c1-13(2)18-9-6-17(7-10-18)8-11-20(26)27-12-19(25)22-14(3)21(16(5)24)15(4)23-22/h6-11,13,23H,12H2,1-5H3/b11-8+. The van der Waals surface area contributed by atoms with Crippen molar-refractivity contribution in [1.29, 1.82) is 0 Å². The van der Waals surface area contributed by atoms with Gasteiger partial charge in [0.2, 0.25) is 5.78 Å². The fourth-order valence-electron chi connectivity index (χ4n) is 2.97. The Bertz CT molecular complexity index is 886. The lowest BCUT2D eigenvalue weighted by Gasteiger charge is -2.04. The second-order valence-corrected chi connectivity index (χ2v) is 6.87. The van der Waals surface area contributed by atoms with E-state index in [0.717, 1.165) is 5.56 Å². The third-order valence-electron chi connectivity index (χ3n) is 4.43. The number of Topliss-reactive ketones (excluding diaryl/α,β-unsaturated/α-hetero) is 2. The number of carbonyl (C=O) groups excluding carboxylic acids is 3. The van der Waals surface area contributed by atoms with E-state index in [2.05, 4.69) is 18.8 Å². The molecule has 0 radical (unpaired) electrons. The molecule has 0 saturated heterocycles. The molecule has 0 aliphatic heterocycles. The summed E-state index contributed by atoms with van der Waals surface area (Å²) in [6.07, 6.45) is 2.94. The van der Waals surface area contributed by atoms with Gasteiger partial charge in [0.25, 0.3) is 0 Å². The highest BCUT2D eigenvalue weighted by Crippen LogP contribution is 2.19. The number of hydrogen-bond donors (Lipinski definition) is 1. The van der Waals surface area contributed by atoms with Gasteiger partial charge in [0.05, 0.1) is 5.69 Å². The van der Waals surface area contributed by atoms with Crippen molar-refractivity contribution in [2.24, 2.45) is 0 Å². The molecule has 1 aromatic heterocycles. The van der Waals surface area contributed by atoms with Crippen LogP contribution in [0.1, 0.15) is 69.9 Å². The fourth-order valence-corrected chi connectivity index (χ4v) is 2.97. The Kier molecular flexibility index (Phi) is 6.50. The van der Waals surface area contributed by atoms with Crippen LogP contribution in [0.3, 0.4) is 0 Å². The van der Waals surface area contributed by atoms with E-state index in [1.807, 2.05) is 24.3 Å². The highest BCUT2D eigenvalue weighted by atomic mass is 16.5. The molecule has 0 bridgehead atoms. The van der Waals surface area contributed by atoms with Gasteiger partial charge in [-0.25, -0.2) is 4.79 Å². The molecule has 2 rings (SSSR count). The second-order valence-electron chi connectivity index (χ2n) is 6.87. The molecule has 1 aromatic carbocycles. The molecule has 27 heavy (non-hydrogen) atoms. The quantitative estimate of drug-likeness (QED) is 0.447. The highest BCUT2D eigenvalue weighted by Gasteiger charge is 2.20. The maximum Gasteiger partial charge on any atom is 0.331 e. The van der Waals surface area contributed by atoms with E-state index in [-0.39, 0.29) is 18.2 Å². The van der Waals surface area contributed by atoms with Crippen LogP contribution >= 0.6 is 0 Å². The minimum absolute atomic E-state index is 0.108. The summed E-state index contributed by atoms with van der Waals surface area (Å²) in [5.74, 6) is -0.624. The molecule has 0 saturated carbocycles. The first-order valence-electron chi connectivity index (χ1n) is 8.88. The van der Waals surface area contributed by atoms with Crippen LogP contribution in [-0.2, 0) is 9.53 Å². The van der Waals surface area contributed by atoms with Crippen LogP contribution in [0.5, 0.6) is 0 Å². The number of aryl methyl sites for hydroxylation is 1. The molecule has 0 amide bonds. The van der Waals surface area contributed by atoms with Gasteiger partial charge in [-0.1, -0.05) is 38.1 Å². The normalized spacial score (nSPS) is 11.2. The molecule has 0 aliphatic rings. The summed E-state index contributed by atoms with van der Waals surface area (Å²) in [5, 5.41) is 0. The smallest absolute Gasteiger partial charge is 0.331 e. The van der Waals surface area contributed by atoms with Crippen LogP contribution < -0.4 is 0 Å². The van der Waals surface area contributed by atoms with E-state index in [0.29, 0.717) is 28.4 Å². The van der Waals surface area contributed by atoms with Gasteiger partial charge in [-0.05, 0) is 49.5 Å². The molecular weight excluding hydrogens is 342 g/mol. The lowest BCUT2D eigenvalue weighted by atomic mass is 10.0. The van der Waals surface area contributed by atoms with Gasteiger partial charge in [-0.2, -0.15) is 0 Å². The van der Waals surface area contributed by atoms with Crippen molar-refractivity contribution in [1.82, 2.24) is 4.98 Å². The second kappa shape index (κ2) is 8.62. The van der Waals surface area contributed by atoms with E-state index in [1.54, 1.807) is 19.9 Å². The predicted molar refractivity (Wildman–Crippen MR) is 105 cm³/mol. The third kappa shape index (κ3) is 5.03. The lowest BCUT2D eigenvalue weighted by molar-refractivity contribution is -0.136. The Balaban J connectivity index is 1.96. The van der Waals surface area contributed by atoms with Gasteiger partial charge in [0.15, 0.2) is 12.4 Å². The highest BCUT2D eigenvalue weighted by molar-refractivity contribution is 6.04. The van der Waals surface area contributed by atoms with Crippen LogP contribution in [0.4, 0.5) is 0 Å². The van der Waals surface area contributed by atoms with Crippen molar-refractivity contribution < 1.29 is 19.1 Å². The summed E-state index contributed by atoms with van der Waals surface area (Å²) in [7, 11) is 0. The molecule has 1 N–H and O–H groups in total. The Morgan fingerprint density at radius 3 is 2.26 bits per heavy atom. The molecule has 2 aromatic rings. The summed E-state index contributed by atoms with van der Waals surface area (Å²) in [4.78, 5) is 38.7. The first-order chi connectivity index (χ1) is 12.7. The zero-order chi connectivity index (χ0) is 20.1. The summed E-state index contributed by atoms with van der Waals surface area (Å²) >= 11 is 0. The number of aromatic amines is 1. The molecule has 142 valence electrons. The zero-order valence-electron chi connectivity index (χ0n) is 16.4. The number of esters is 1. The summed E-state index contributed by atoms with van der Waals surface area (Å²) < 4.78 is 5.03. The average molecular weight is 367 g/mol. The molecular formula is C22H25NO4. The van der Waals surface area contributed by atoms with Crippen molar-refractivity contribution in [3.05, 3.63) is 64.0 Å². The van der Waals surface area contributed by atoms with E-state index >= 15 is 0 Å². The van der Waals surface area contributed by atoms with Crippen molar-refractivity contribution in [2.75, 3.05) is 6.61 Å². The summed E-state index contributed by atoms with van der Waals surface area (Å²) in [5.41, 5.74) is 4.14. The molecule has 5 heteroatoms. The van der Waals surface area contributed by atoms with E-state index in [4.69, 9.17) is 4.74 Å². The first-order valence-corrected chi connectivity index (χ1v) is 8.88. The van der Waals surface area contributed by atoms with Crippen molar-refractivity contribution >= 4 is 23.6 Å². The van der Waals surface area contributed by atoms with Crippen molar-refractivity contribution in [2.45, 2.75) is 40.5 Å². The molecule has 0 spiro atoms. The van der Waals surface area contributed by atoms with Gasteiger partial charge in [-0.3, -0.25) is 9.59 Å².